The van der Waals surface area contributed by atoms with E-state index in [0.29, 0.717) is 5.56 Å². The van der Waals surface area contributed by atoms with Crippen molar-refractivity contribution in [3.8, 4) is 33.4 Å². The SMILES string of the molecule is Fc1c(F)c(F)c(-c2c3nc(c4ccc(c(-c5c(F)c(F)c(F)c(F)c5F)c5ccc([nH]5)c(-c5c(F)c(F)c(F)c(F)c5F)c5ccc2[nH]5)n4Cc2ccccc2)C=C3)c(F)c1F. The number of benzene rings is 4. The number of rotatable bonds is 5. The van der Waals surface area contributed by atoms with Crippen LogP contribution < -0.4 is 0 Å². The molecule has 0 atom stereocenters. The lowest BCUT2D eigenvalue weighted by atomic mass is 10.0. The normalized spacial score (nSPS) is 12.0. The summed E-state index contributed by atoms with van der Waals surface area (Å²) in [5.74, 6) is -36.5. The standard InChI is InChI=1S/C44H17F15N4/c45-30-27(31(46)37(52)42(57)36(30)51)24-17-7-6-16(60-17)22-12-13-23(63(22)14-15-4-2-1-3-5-15)26(29-34(49)40(55)44(59)41(56)35(29)50)21-11-10-20(62-21)25(19-9-8-18(24)61-19)28-32(47)38(53)43(58)39(54)33(28)48/h1-13,61-62H,14H2. The van der Waals surface area contributed by atoms with Crippen molar-refractivity contribution in [3.63, 3.8) is 0 Å². The molecular formula is C44H17F15N4. The molecule has 8 aromatic rings. The van der Waals surface area contributed by atoms with Crippen LogP contribution in [0.2, 0.25) is 0 Å². The maximum atomic E-state index is 16.0. The molecule has 5 heterocycles. The first-order valence-electron chi connectivity index (χ1n) is 18.0. The molecule has 8 bridgehead atoms. The summed E-state index contributed by atoms with van der Waals surface area (Å²) >= 11 is 0. The van der Waals surface area contributed by atoms with Crippen molar-refractivity contribution >= 4 is 45.3 Å². The van der Waals surface area contributed by atoms with Gasteiger partial charge in [-0.3, -0.25) is 0 Å². The molecule has 318 valence electrons. The molecule has 9 rings (SSSR count). The van der Waals surface area contributed by atoms with Crippen LogP contribution in [0.1, 0.15) is 17.0 Å². The number of aromatic amines is 2. The van der Waals surface area contributed by atoms with E-state index < -0.39 is 148 Å². The Kier molecular flexibility index (Phi) is 9.67. The third-order valence-corrected chi connectivity index (χ3v) is 10.4. The van der Waals surface area contributed by atoms with Gasteiger partial charge in [0.1, 0.15) is 0 Å². The molecular weight excluding hydrogens is 869 g/mol. The monoisotopic (exact) mass is 886 g/mol. The third kappa shape index (κ3) is 6.15. The van der Waals surface area contributed by atoms with Crippen LogP contribution in [0.3, 0.4) is 0 Å². The zero-order valence-corrected chi connectivity index (χ0v) is 30.8. The highest BCUT2D eigenvalue weighted by Gasteiger charge is 2.33. The number of nitrogens with zero attached hydrogens (tertiary/aromatic N) is 2. The average molecular weight is 887 g/mol. The topological polar surface area (TPSA) is 49.4 Å². The summed E-state index contributed by atoms with van der Waals surface area (Å²) in [6.07, 6.45) is 2.24. The predicted octanol–water partition coefficient (Wildman–Crippen LogP) is 13.3. The van der Waals surface area contributed by atoms with Crippen molar-refractivity contribution in [2.75, 3.05) is 0 Å². The molecule has 2 N–H and O–H groups in total. The highest BCUT2D eigenvalue weighted by Crippen LogP contribution is 2.43. The second-order valence-corrected chi connectivity index (χ2v) is 13.9. The van der Waals surface area contributed by atoms with Gasteiger partial charge in [0.15, 0.2) is 69.8 Å². The first kappa shape index (κ1) is 40.9. The fourth-order valence-electron chi connectivity index (χ4n) is 7.55. The first-order chi connectivity index (χ1) is 30.0. The summed E-state index contributed by atoms with van der Waals surface area (Å²) in [6.45, 7) is -0.289. The van der Waals surface area contributed by atoms with Gasteiger partial charge in [0.2, 0.25) is 17.5 Å². The second kappa shape index (κ2) is 14.9. The Balaban J connectivity index is 1.58. The van der Waals surface area contributed by atoms with Crippen LogP contribution in [-0.2, 0) is 6.54 Å². The molecule has 1 aliphatic rings. The molecule has 0 radical (unpaired) electrons. The van der Waals surface area contributed by atoms with Gasteiger partial charge in [-0.25, -0.2) is 70.8 Å². The van der Waals surface area contributed by atoms with E-state index >= 15 is 35.1 Å². The van der Waals surface area contributed by atoms with Crippen LogP contribution in [0.4, 0.5) is 65.9 Å². The first-order valence-corrected chi connectivity index (χ1v) is 18.0. The molecule has 4 aromatic carbocycles. The van der Waals surface area contributed by atoms with Gasteiger partial charge in [-0.05, 0) is 54.1 Å². The Morgan fingerprint density at radius 2 is 0.683 bits per heavy atom. The average Bonchev–Trinajstić information content (AvgIpc) is 4.13. The summed E-state index contributed by atoms with van der Waals surface area (Å²) in [7, 11) is 0. The van der Waals surface area contributed by atoms with E-state index in [9.17, 15) is 30.7 Å². The van der Waals surface area contributed by atoms with E-state index in [2.05, 4.69) is 15.0 Å². The highest BCUT2D eigenvalue weighted by molar-refractivity contribution is 6.01. The molecule has 0 fully saturated rings. The van der Waals surface area contributed by atoms with Gasteiger partial charge in [0, 0.05) is 45.3 Å². The molecule has 0 aliphatic carbocycles. The van der Waals surface area contributed by atoms with Gasteiger partial charge < -0.3 is 14.5 Å². The Hall–Kier alpha value is -7.44. The van der Waals surface area contributed by atoms with Crippen LogP contribution in [0.5, 0.6) is 0 Å². The van der Waals surface area contributed by atoms with E-state index in [1.165, 1.54) is 16.7 Å². The molecule has 4 aromatic heterocycles. The maximum absolute atomic E-state index is 16.0. The molecule has 19 heteroatoms. The molecule has 0 saturated heterocycles. The van der Waals surface area contributed by atoms with Gasteiger partial charge in [-0.1, -0.05) is 30.3 Å². The van der Waals surface area contributed by atoms with Crippen LogP contribution >= 0.6 is 0 Å². The quantitative estimate of drug-likeness (QED) is 0.101. The van der Waals surface area contributed by atoms with Crippen molar-refractivity contribution < 1.29 is 65.9 Å². The van der Waals surface area contributed by atoms with Crippen LogP contribution in [-0.4, -0.2) is 19.5 Å². The number of aromatic nitrogens is 4. The Morgan fingerprint density at radius 3 is 1.14 bits per heavy atom. The van der Waals surface area contributed by atoms with Crippen molar-refractivity contribution in [1.82, 2.24) is 19.5 Å². The fourth-order valence-corrected chi connectivity index (χ4v) is 7.55. The molecule has 1 aliphatic heterocycles. The molecule has 4 nitrogen and oxygen atoms in total. The summed E-state index contributed by atoms with van der Waals surface area (Å²) in [5, 5.41) is 0. The number of nitrogens with one attached hydrogen (secondary N) is 2. The predicted molar refractivity (Wildman–Crippen MR) is 200 cm³/mol. The van der Waals surface area contributed by atoms with Crippen molar-refractivity contribution in [1.29, 1.82) is 0 Å². The van der Waals surface area contributed by atoms with E-state index in [1.807, 2.05) is 0 Å². The van der Waals surface area contributed by atoms with Crippen molar-refractivity contribution in [3.05, 3.63) is 171 Å². The summed E-state index contributed by atoms with van der Waals surface area (Å²) in [5.41, 5.74) is -10.7. The zero-order valence-electron chi connectivity index (χ0n) is 30.8. The minimum Gasteiger partial charge on any atom is -0.354 e. The lowest BCUT2D eigenvalue weighted by Gasteiger charge is -2.14. The van der Waals surface area contributed by atoms with E-state index in [4.69, 9.17) is 0 Å². The van der Waals surface area contributed by atoms with Crippen LogP contribution in [0.25, 0.3) is 78.6 Å². The lowest BCUT2D eigenvalue weighted by molar-refractivity contribution is 0.381. The summed E-state index contributed by atoms with van der Waals surface area (Å²) < 4.78 is 229. The smallest absolute Gasteiger partial charge is 0.200 e. The lowest BCUT2D eigenvalue weighted by Crippen LogP contribution is -2.06. The number of hydrogen-bond acceptors (Lipinski definition) is 1. The molecule has 0 unspecified atom stereocenters. The summed E-state index contributed by atoms with van der Waals surface area (Å²) in [4.78, 5) is 9.40. The Labute approximate surface area is 341 Å². The van der Waals surface area contributed by atoms with E-state index in [0.717, 1.165) is 36.4 Å². The van der Waals surface area contributed by atoms with Gasteiger partial charge >= 0.3 is 0 Å². The number of hydrogen-bond donors (Lipinski definition) is 2. The molecule has 0 saturated carbocycles. The van der Waals surface area contributed by atoms with Crippen LogP contribution in [0.15, 0.2) is 66.7 Å². The van der Waals surface area contributed by atoms with Gasteiger partial charge in [-0.15, -0.1) is 0 Å². The van der Waals surface area contributed by atoms with E-state index in [1.54, 1.807) is 30.3 Å². The highest BCUT2D eigenvalue weighted by atomic mass is 19.2. The fraction of sp³-hybridized carbons (Fsp3) is 0.0227. The van der Waals surface area contributed by atoms with Gasteiger partial charge in [-0.2, -0.15) is 0 Å². The van der Waals surface area contributed by atoms with E-state index in [-0.39, 0.29) is 23.3 Å². The third-order valence-electron chi connectivity index (χ3n) is 10.4. The zero-order chi connectivity index (χ0) is 44.9. The second-order valence-electron chi connectivity index (χ2n) is 13.9. The maximum Gasteiger partial charge on any atom is 0.200 e. The molecule has 63 heavy (non-hydrogen) atoms. The summed E-state index contributed by atoms with van der Waals surface area (Å²) in [6, 6.07) is 13.9. The molecule has 0 spiro atoms. The van der Waals surface area contributed by atoms with Gasteiger partial charge in [0.05, 0.1) is 39.1 Å². The Morgan fingerprint density at radius 1 is 0.333 bits per heavy atom. The number of fused-ring (bicyclic) bond motifs is 9. The van der Waals surface area contributed by atoms with Crippen molar-refractivity contribution in [2.24, 2.45) is 0 Å². The minimum absolute atomic E-state index is 0.0271. The van der Waals surface area contributed by atoms with Gasteiger partial charge in [0.25, 0.3) is 0 Å². The van der Waals surface area contributed by atoms with Crippen molar-refractivity contribution in [2.45, 2.75) is 6.54 Å². The largest absolute Gasteiger partial charge is 0.354 e. The van der Waals surface area contributed by atoms with Crippen LogP contribution in [0, 0.1) is 87.3 Å². The Bertz CT molecular complexity index is 3350. The molecule has 0 amide bonds. The minimum atomic E-state index is -2.59. The number of H-pyrrole nitrogens is 2. The number of halogens is 15.